The molecule has 82 valence electrons. The van der Waals surface area contributed by atoms with Gasteiger partial charge in [-0.25, -0.2) is 4.99 Å². The molecule has 16 heavy (non-hydrogen) atoms. The van der Waals surface area contributed by atoms with Crippen LogP contribution < -0.4 is 0 Å². The zero-order valence-corrected chi connectivity index (χ0v) is 9.77. The summed E-state index contributed by atoms with van der Waals surface area (Å²) in [7, 11) is 0. The summed E-state index contributed by atoms with van der Waals surface area (Å²) in [6.07, 6.45) is 1.95. The Morgan fingerprint density at radius 2 is 2.00 bits per heavy atom. The van der Waals surface area contributed by atoms with Gasteiger partial charge in [0.15, 0.2) is 5.84 Å². The van der Waals surface area contributed by atoms with Gasteiger partial charge in [0, 0.05) is 11.3 Å². The highest BCUT2D eigenvalue weighted by Crippen LogP contribution is 2.17. The van der Waals surface area contributed by atoms with E-state index in [1.165, 1.54) is 5.56 Å². The molecule has 0 amide bonds. The predicted octanol–water partition coefficient (Wildman–Crippen LogP) is 3.20. The van der Waals surface area contributed by atoms with Crippen LogP contribution in [0.2, 0.25) is 0 Å². The molecule has 0 N–H and O–H groups in total. The van der Waals surface area contributed by atoms with E-state index in [0.29, 0.717) is 5.92 Å². The lowest BCUT2D eigenvalue weighted by molar-refractivity contribution is 0.971. The zero-order chi connectivity index (χ0) is 11.5. The Labute approximate surface area is 96.4 Å². The largest absolute Gasteiger partial charge is 0.260 e. The lowest BCUT2D eigenvalue weighted by Gasteiger charge is -2.06. The third-order valence-corrected chi connectivity index (χ3v) is 2.80. The fourth-order valence-corrected chi connectivity index (χ4v) is 1.67. The second-order valence-corrected chi connectivity index (χ2v) is 4.13. The Morgan fingerprint density at radius 3 is 2.50 bits per heavy atom. The Hall–Kier alpha value is -1.70. The second kappa shape index (κ2) is 4.44. The summed E-state index contributed by atoms with van der Waals surface area (Å²) in [5.74, 6) is 1.25. The predicted molar refractivity (Wildman–Crippen MR) is 69.6 cm³/mol. The molecule has 0 bridgehead atoms. The molecule has 1 unspecified atom stereocenters. The van der Waals surface area contributed by atoms with Gasteiger partial charge in [-0.1, -0.05) is 37.3 Å². The van der Waals surface area contributed by atoms with Gasteiger partial charge in [0.1, 0.15) is 0 Å². The summed E-state index contributed by atoms with van der Waals surface area (Å²) in [5, 5.41) is 0. The van der Waals surface area contributed by atoms with Crippen LogP contribution in [0.25, 0.3) is 0 Å². The van der Waals surface area contributed by atoms with Crippen molar-refractivity contribution < 1.29 is 0 Å². The lowest BCUT2D eigenvalue weighted by atomic mass is 10.00. The van der Waals surface area contributed by atoms with E-state index in [9.17, 15) is 0 Å². The van der Waals surface area contributed by atoms with Crippen molar-refractivity contribution in [1.82, 2.24) is 0 Å². The van der Waals surface area contributed by atoms with Crippen molar-refractivity contribution >= 4 is 11.5 Å². The van der Waals surface area contributed by atoms with E-state index >= 15 is 0 Å². The standard InChI is InChI=1S/C14H16N2/c1-4-10(2)12-5-7-13(8-6-12)14-15-9-11(3)16-14/h4-8,10H,1,9H2,2-3H3. The highest BCUT2D eigenvalue weighted by atomic mass is 15.0. The summed E-state index contributed by atoms with van der Waals surface area (Å²) >= 11 is 0. The van der Waals surface area contributed by atoms with Gasteiger partial charge in [-0.2, -0.15) is 0 Å². The summed E-state index contributed by atoms with van der Waals surface area (Å²) in [6.45, 7) is 8.68. The van der Waals surface area contributed by atoms with E-state index in [2.05, 4.69) is 47.8 Å². The third-order valence-electron chi connectivity index (χ3n) is 2.80. The molecule has 0 aliphatic carbocycles. The SMILES string of the molecule is C=CC(C)c1ccc(C2=NCC(C)=N2)cc1. The van der Waals surface area contributed by atoms with Crippen LogP contribution in [0, 0.1) is 0 Å². The zero-order valence-electron chi connectivity index (χ0n) is 9.77. The van der Waals surface area contributed by atoms with Crippen LogP contribution in [0.5, 0.6) is 0 Å². The summed E-state index contributed by atoms with van der Waals surface area (Å²) in [4.78, 5) is 8.77. The molecule has 2 heteroatoms. The minimum atomic E-state index is 0.393. The molecular weight excluding hydrogens is 196 g/mol. The molecule has 0 fully saturated rings. The van der Waals surface area contributed by atoms with Crippen molar-refractivity contribution in [3.8, 4) is 0 Å². The minimum Gasteiger partial charge on any atom is -0.260 e. The number of amidine groups is 1. The smallest absolute Gasteiger partial charge is 0.154 e. The Balaban J connectivity index is 2.23. The van der Waals surface area contributed by atoms with Crippen LogP contribution in [0.1, 0.15) is 30.9 Å². The van der Waals surface area contributed by atoms with Gasteiger partial charge in [-0.05, 0) is 18.4 Å². The fourth-order valence-electron chi connectivity index (χ4n) is 1.67. The molecule has 1 atom stereocenters. The molecule has 2 rings (SSSR count). The van der Waals surface area contributed by atoms with Gasteiger partial charge in [0.2, 0.25) is 0 Å². The first-order valence-corrected chi connectivity index (χ1v) is 5.52. The Kier molecular flexibility index (Phi) is 3.00. The van der Waals surface area contributed by atoms with Crippen LogP contribution in [-0.4, -0.2) is 18.1 Å². The monoisotopic (exact) mass is 212 g/mol. The van der Waals surface area contributed by atoms with E-state index < -0.39 is 0 Å². The molecule has 0 saturated heterocycles. The molecule has 1 aromatic rings. The summed E-state index contributed by atoms with van der Waals surface area (Å²) in [6, 6.07) is 8.40. The van der Waals surface area contributed by atoms with E-state index in [1.807, 2.05) is 13.0 Å². The number of aliphatic imine (C=N–C) groups is 2. The molecule has 1 aromatic carbocycles. The van der Waals surface area contributed by atoms with Crippen molar-refractivity contribution in [2.75, 3.05) is 6.54 Å². The van der Waals surface area contributed by atoms with Crippen molar-refractivity contribution in [3.63, 3.8) is 0 Å². The van der Waals surface area contributed by atoms with Crippen molar-refractivity contribution in [2.24, 2.45) is 9.98 Å². The van der Waals surface area contributed by atoms with Crippen LogP contribution in [0.15, 0.2) is 46.9 Å². The van der Waals surface area contributed by atoms with Gasteiger partial charge in [-0.15, -0.1) is 6.58 Å². The molecule has 2 nitrogen and oxygen atoms in total. The van der Waals surface area contributed by atoms with E-state index in [1.54, 1.807) is 0 Å². The highest BCUT2D eigenvalue weighted by molar-refractivity contribution is 6.10. The average molecular weight is 212 g/mol. The first kappa shape index (κ1) is 10.8. The Bertz CT molecular complexity index is 452. The van der Waals surface area contributed by atoms with Gasteiger partial charge in [0.05, 0.1) is 6.54 Å². The first-order valence-electron chi connectivity index (χ1n) is 5.52. The number of benzene rings is 1. The van der Waals surface area contributed by atoms with Gasteiger partial charge in [0.25, 0.3) is 0 Å². The molecule has 1 heterocycles. The topological polar surface area (TPSA) is 24.7 Å². The van der Waals surface area contributed by atoms with Crippen LogP contribution in [-0.2, 0) is 0 Å². The number of hydrogen-bond acceptors (Lipinski definition) is 2. The van der Waals surface area contributed by atoms with Crippen molar-refractivity contribution in [1.29, 1.82) is 0 Å². The maximum absolute atomic E-state index is 4.40. The molecule has 0 radical (unpaired) electrons. The molecule has 0 saturated carbocycles. The van der Waals surface area contributed by atoms with E-state index in [-0.39, 0.29) is 0 Å². The maximum atomic E-state index is 4.40. The fraction of sp³-hybridized carbons (Fsp3) is 0.286. The quantitative estimate of drug-likeness (QED) is 0.687. The van der Waals surface area contributed by atoms with E-state index in [4.69, 9.17) is 0 Å². The van der Waals surface area contributed by atoms with Gasteiger partial charge >= 0.3 is 0 Å². The van der Waals surface area contributed by atoms with Crippen LogP contribution in [0.4, 0.5) is 0 Å². The normalized spacial score (nSPS) is 16.6. The lowest BCUT2D eigenvalue weighted by Crippen LogP contribution is -1.96. The van der Waals surface area contributed by atoms with Crippen LogP contribution >= 0.6 is 0 Å². The maximum Gasteiger partial charge on any atom is 0.154 e. The van der Waals surface area contributed by atoms with Gasteiger partial charge in [-0.3, -0.25) is 4.99 Å². The Morgan fingerprint density at radius 1 is 1.31 bits per heavy atom. The third kappa shape index (κ3) is 2.11. The second-order valence-electron chi connectivity index (χ2n) is 4.13. The molecule has 0 aromatic heterocycles. The number of hydrogen-bond donors (Lipinski definition) is 0. The summed E-state index contributed by atoms with van der Waals surface area (Å²) < 4.78 is 0. The van der Waals surface area contributed by atoms with Crippen LogP contribution in [0.3, 0.4) is 0 Å². The average Bonchev–Trinajstić information content (AvgIpc) is 2.75. The highest BCUT2D eigenvalue weighted by Gasteiger charge is 2.09. The number of rotatable bonds is 3. The van der Waals surface area contributed by atoms with Gasteiger partial charge < -0.3 is 0 Å². The van der Waals surface area contributed by atoms with E-state index in [0.717, 1.165) is 23.7 Å². The minimum absolute atomic E-state index is 0.393. The van der Waals surface area contributed by atoms with Crippen molar-refractivity contribution in [2.45, 2.75) is 19.8 Å². The number of nitrogens with zero attached hydrogens (tertiary/aromatic N) is 2. The molecule has 0 spiro atoms. The summed E-state index contributed by atoms with van der Waals surface area (Å²) in [5.41, 5.74) is 3.45. The first-order chi connectivity index (χ1) is 7.70. The molecule has 1 aliphatic heterocycles. The number of allylic oxidation sites excluding steroid dienone is 1. The van der Waals surface area contributed by atoms with Crippen molar-refractivity contribution in [3.05, 3.63) is 48.0 Å². The molecular formula is C14H16N2. The molecule has 1 aliphatic rings.